The molecule has 0 aromatic carbocycles. The maximum atomic E-state index is 5.40. The third-order valence-electron chi connectivity index (χ3n) is 3.35. The standard InChI is InChI=1S/C14H28O4S2/c1-15-12-18-9-4-7-14(19-10-5-11-20-14)8-6-13(16-2)17-3/h13H,4-12H2,1-3H3. The Kier molecular flexibility index (Phi) is 10.4. The fraction of sp³-hybridized carbons (Fsp3) is 1.00. The van der Waals surface area contributed by atoms with Crippen molar-refractivity contribution in [3.05, 3.63) is 0 Å². The highest BCUT2D eigenvalue weighted by Gasteiger charge is 2.33. The van der Waals surface area contributed by atoms with E-state index in [1.807, 2.05) is 0 Å². The molecule has 20 heavy (non-hydrogen) atoms. The van der Waals surface area contributed by atoms with Crippen LogP contribution < -0.4 is 0 Å². The summed E-state index contributed by atoms with van der Waals surface area (Å²) < 4.78 is 21.2. The molecule has 1 heterocycles. The van der Waals surface area contributed by atoms with Crippen LogP contribution in [0.1, 0.15) is 32.1 Å². The van der Waals surface area contributed by atoms with E-state index in [1.54, 1.807) is 21.3 Å². The normalized spacial score (nSPS) is 18.6. The van der Waals surface area contributed by atoms with Crippen LogP contribution in [0.3, 0.4) is 0 Å². The maximum absolute atomic E-state index is 5.40. The van der Waals surface area contributed by atoms with Crippen molar-refractivity contribution in [3.8, 4) is 0 Å². The molecule has 0 radical (unpaired) electrons. The predicted molar refractivity (Wildman–Crippen MR) is 86.4 cm³/mol. The van der Waals surface area contributed by atoms with E-state index in [9.17, 15) is 0 Å². The Hall–Kier alpha value is 0.540. The highest BCUT2D eigenvalue weighted by atomic mass is 32.2. The first-order chi connectivity index (χ1) is 9.76. The zero-order chi connectivity index (χ0) is 14.7. The first-order valence-electron chi connectivity index (χ1n) is 7.16. The maximum Gasteiger partial charge on any atom is 0.156 e. The van der Waals surface area contributed by atoms with E-state index in [-0.39, 0.29) is 6.29 Å². The van der Waals surface area contributed by atoms with Crippen LogP contribution in [-0.4, -0.2) is 56.6 Å². The van der Waals surface area contributed by atoms with Crippen molar-refractivity contribution in [3.63, 3.8) is 0 Å². The summed E-state index contributed by atoms with van der Waals surface area (Å²) in [6, 6.07) is 0. The van der Waals surface area contributed by atoms with Gasteiger partial charge in [0, 0.05) is 34.4 Å². The quantitative estimate of drug-likeness (QED) is 0.428. The average molecular weight is 325 g/mol. The van der Waals surface area contributed by atoms with Gasteiger partial charge in [-0.25, -0.2) is 0 Å². The van der Waals surface area contributed by atoms with Crippen LogP contribution in [0, 0.1) is 0 Å². The van der Waals surface area contributed by atoms with E-state index in [1.165, 1.54) is 24.3 Å². The molecule has 0 N–H and O–H groups in total. The van der Waals surface area contributed by atoms with Crippen LogP contribution in [-0.2, 0) is 18.9 Å². The number of ether oxygens (including phenoxy) is 4. The summed E-state index contributed by atoms with van der Waals surface area (Å²) in [5.41, 5.74) is 0. The third kappa shape index (κ3) is 7.00. The summed E-state index contributed by atoms with van der Waals surface area (Å²) in [6.45, 7) is 1.16. The van der Waals surface area contributed by atoms with Gasteiger partial charge >= 0.3 is 0 Å². The van der Waals surface area contributed by atoms with Gasteiger partial charge in [0.1, 0.15) is 6.79 Å². The van der Waals surface area contributed by atoms with Crippen LogP contribution >= 0.6 is 23.5 Å². The fourth-order valence-corrected chi connectivity index (χ4v) is 5.73. The minimum Gasteiger partial charge on any atom is -0.359 e. The van der Waals surface area contributed by atoms with E-state index in [4.69, 9.17) is 18.9 Å². The van der Waals surface area contributed by atoms with Gasteiger partial charge in [0.15, 0.2) is 6.29 Å². The molecule has 1 aliphatic heterocycles. The third-order valence-corrected chi connectivity index (χ3v) is 6.91. The largest absolute Gasteiger partial charge is 0.359 e. The molecule has 0 unspecified atom stereocenters. The molecule has 0 aliphatic carbocycles. The molecule has 1 aliphatic rings. The van der Waals surface area contributed by atoms with Gasteiger partial charge in [-0.1, -0.05) is 0 Å². The SMILES string of the molecule is COCOCCCC1(CCC(OC)OC)SCCCS1. The molecule has 0 aromatic rings. The minimum absolute atomic E-state index is 0.0836. The Bertz CT molecular complexity index is 231. The number of hydrogen-bond acceptors (Lipinski definition) is 6. The molecule has 0 saturated carbocycles. The smallest absolute Gasteiger partial charge is 0.156 e. The van der Waals surface area contributed by atoms with Gasteiger partial charge in [0.25, 0.3) is 0 Å². The van der Waals surface area contributed by atoms with Gasteiger partial charge in [-0.15, -0.1) is 23.5 Å². The molecule has 0 amide bonds. The lowest BCUT2D eigenvalue weighted by atomic mass is 10.1. The fourth-order valence-electron chi connectivity index (χ4n) is 2.29. The zero-order valence-corrected chi connectivity index (χ0v) is 14.5. The molecular weight excluding hydrogens is 296 g/mol. The summed E-state index contributed by atoms with van der Waals surface area (Å²) in [7, 11) is 5.07. The molecular formula is C14H28O4S2. The summed E-state index contributed by atoms with van der Waals surface area (Å²) in [6.07, 6.45) is 5.56. The van der Waals surface area contributed by atoms with Crippen LogP contribution in [0.15, 0.2) is 0 Å². The van der Waals surface area contributed by atoms with Crippen LogP contribution in [0.25, 0.3) is 0 Å². The van der Waals surface area contributed by atoms with Crippen molar-refractivity contribution in [2.24, 2.45) is 0 Å². The molecule has 6 heteroatoms. The van der Waals surface area contributed by atoms with Crippen LogP contribution in [0.5, 0.6) is 0 Å². The molecule has 120 valence electrons. The van der Waals surface area contributed by atoms with Crippen molar-refractivity contribution in [2.45, 2.75) is 42.5 Å². The van der Waals surface area contributed by atoms with Gasteiger partial charge in [0.05, 0.1) is 4.08 Å². The Morgan fingerprint density at radius 3 is 2.35 bits per heavy atom. The topological polar surface area (TPSA) is 36.9 Å². The summed E-state index contributed by atoms with van der Waals surface area (Å²) in [5.74, 6) is 2.52. The first kappa shape index (κ1) is 18.6. The monoisotopic (exact) mass is 324 g/mol. The van der Waals surface area contributed by atoms with Crippen LogP contribution in [0.4, 0.5) is 0 Å². The molecule has 1 rings (SSSR count). The van der Waals surface area contributed by atoms with E-state index < -0.39 is 0 Å². The van der Waals surface area contributed by atoms with Crippen LogP contribution in [0.2, 0.25) is 0 Å². The molecule has 4 nitrogen and oxygen atoms in total. The Morgan fingerprint density at radius 1 is 1.05 bits per heavy atom. The van der Waals surface area contributed by atoms with Crippen molar-refractivity contribution >= 4 is 23.5 Å². The number of methoxy groups -OCH3 is 3. The van der Waals surface area contributed by atoms with Gasteiger partial charge in [-0.2, -0.15) is 0 Å². The summed E-state index contributed by atoms with van der Waals surface area (Å²) in [4.78, 5) is 0. The molecule has 0 atom stereocenters. The van der Waals surface area contributed by atoms with Crippen molar-refractivity contribution in [2.75, 3.05) is 46.2 Å². The lowest BCUT2D eigenvalue weighted by Crippen LogP contribution is -2.28. The first-order valence-corrected chi connectivity index (χ1v) is 9.13. The van der Waals surface area contributed by atoms with E-state index in [0.717, 1.165) is 25.9 Å². The summed E-state index contributed by atoms with van der Waals surface area (Å²) >= 11 is 4.20. The average Bonchev–Trinajstić information content (AvgIpc) is 2.49. The number of thioether (sulfide) groups is 2. The van der Waals surface area contributed by atoms with Gasteiger partial charge in [-0.3, -0.25) is 0 Å². The zero-order valence-electron chi connectivity index (χ0n) is 12.9. The molecule has 1 saturated heterocycles. The van der Waals surface area contributed by atoms with E-state index in [2.05, 4.69) is 23.5 Å². The van der Waals surface area contributed by atoms with E-state index in [0.29, 0.717) is 10.9 Å². The van der Waals surface area contributed by atoms with Crippen molar-refractivity contribution < 1.29 is 18.9 Å². The Labute approximate surface area is 131 Å². The lowest BCUT2D eigenvalue weighted by molar-refractivity contribution is -0.107. The second-order valence-electron chi connectivity index (χ2n) is 4.82. The van der Waals surface area contributed by atoms with E-state index >= 15 is 0 Å². The van der Waals surface area contributed by atoms with Gasteiger partial charge in [-0.05, 0) is 37.2 Å². The Balaban J connectivity index is 2.36. The van der Waals surface area contributed by atoms with Crippen molar-refractivity contribution in [1.82, 2.24) is 0 Å². The highest BCUT2D eigenvalue weighted by Crippen LogP contribution is 2.48. The van der Waals surface area contributed by atoms with Gasteiger partial charge < -0.3 is 18.9 Å². The lowest BCUT2D eigenvalue weighted by Gasteiger charge is -2.37. The molecule has 0 aromatic heterocycles. The molecule has 0 bridgehead atoms. The number of hydrogen-bond donors (Lipinski definition) is 0. The number of rotatable bonds is 11. The van der Waals surface area contributed by atoms with Crippen molar-refractivity contribution in [1.29, 1.82) is 0 Å². The molecule has 0 spiro atoms. The predicted octanol–water partition coefficient (Wildman–Crippen LogP) is 3.35. The van der Waals surface area contributed by atoms with Gasteiger partial charge in [0.2, 0.25) is 0 Å². The highest BCUT2D eigenvalue weighted by molar-refractivity contribution is 8.18. The summed E-state index contributed by atoms with van der Waals surface area (Å²) in [5, 5.41) is 0. The minimum atomic E-state index is -0.0836. The Morgan fingerprint density at radius 2 is 1.75 bits per heavy atom. The second kappa shape index (κ2) is 11.2. The second-order valence-corrected chi connectivity index (χ2v) is 8.03. The molecule has 1 fully saturated rings.